The van der Waals surface area contributed by atoms with Crippen molar-refractivity contribution in [2.75, 3.05) is 40.4 Å². The lowest BCUT2D eigenvalue weighted by atomic mass is 10.1. The van der Waals surface area contributed by atoms with Gasteiger partial charge in [-0.1, -0.05) is 5.16 Å². The van der Waals surface area contributed by atoms with Gasteiger partial charge in [0.05, 0.1) is 12.3 Å². The topological polar surface area (TPSA) is 62.9 Å². The fourth-order valence-electron chi connectivity index (χ4n) is 2.89. The number of rotatable bonds is 5. The van der Waals surface area contributed by atoms with Crippen LogP contribution >= 0.6 is 0 Å². The lowest BCUT2D eigenvalue weighted by molar-refractivity contribution is 0.157. The minimum Gasteiger partial charge on any atom is -0.384 e. The number of aliphatic imine (C=N–C) groups is 1. The van der Waals surface area contributed by atoms with E-state index < -0.39 is 0 Å². The number of methoxy groups -OCH3 is 1. The molecule has 21 heavy (non-hydrogen) atoms. The van der Waals surface area contributed by atoms with Gasteiger partial charge < -0.3 is 19.5 Å². The number of likely N-dealkylation sites (tertiary alicyclic amines) is 1. The van der Waals surface area contributed by atoms with Crippen molar-refractivity contribution in [3.8, 4) is 0 Å². The first-order chi connectivity index (χ1) is 10.2. The predicted molar refractivity (Wildman–Crippen MR) is 82.6 cm³/mol. The molecule has 1 unspecified atom stereocenters. The largest absolute Gasteiger partial charge is 0.384 e. The van der Waals surface area contributed by atoms with Crippen LogP contribution < -0.4 is 5.32 Å². The molecule has 1 N–H and O–H groups in total. The molecule has 118 valence electrons. The van der Waals surface area contributed by atoms with Gasteiger partial charge in [-0.15, -0.1) is 0 Å². The minimum atomic E-state index is 0.608. The lowest BCUT2D eigenvalue weighted by Gasteiger charge is -2.21. The lowest BCUT2D eigenvalue weighted by Crippen LogP contribution is -2.41. The standard InChI is InChI=1S/C15H26N4O2/c1-11-14(12(2)21-18-11)5-7-17-15(16-3)19-8-6-13(9-19)10-20-4/h13H,5-10H2,1-4H3,(H,16,17). The van der Waals surface area contributed by atoms with Gasteiger partial charge in [-0.25, -0.2) is 0 Å². The molecular formula is C15H26N4O2. The highest BCUT2D eigenvalue weighted by Gasteiger charge is 2.24. The maximum absolute atomic E-state index is 5.24. The quantitative estimate of drug-likeness (QED) is 0.656. The first-order valence-electron chi connectivity index (χ1n) is 7.52. The van der Waals surface area contributed by atoms with E-state index in [2.05, 4.69) is 20.4 Å². The van der Waals surface area contributed by atoms with Crippen LogP contribution in [0.2, 0.25) is 0 Å². The summed E-state index contributed by atoms with van der Waals surface area (Å²) in [5.74, 6) is 2.49. The van der Waals surface area contributed by atoms with Crippen molar-refractivity contribution in [3.05, 3.63) is 17.0 Å². The second-order valence-electron chi connectivity index (χ2n) is 5.58. The Bertz CT molecular complexity index is 465. The molecule has 2 rings (SSSR count). The van der Waals surface area contributed by atoms with Crippen LogP contribution in [0.5, 0.6) is 0 Å². The maximum atomic E-state index is 5.24. The first-order valence-corrected chi connectivity index (χ1v) is 7.52. The van der Waals surface area contributed by atoms with E-state index >= 15 is 0 Å². The molecule has 1 saturated heterocycles. The molecule has 1 fully saturated rings. The van der Waals surface area contributed by atoms with Crippen molar-refractivity contribution in [2.24, 2.45) is 10.9 Å². The zero-order valence-electron chi connectivity index (χ0n) is 13.5. The van der Waals surface area contributed by atoms with Crippen LogP contribution in [0.25, 0.3) is 0 Å². The Kier molecular flexibility index (Phi) is 5.61. The third-order valence-corrected chi connectivity index (χ3v) is 4.04. The summed E-state index contributed by atoms with van der Waals surface area (Å²) in [6.45, 7) is 7.65. The number of aryl methyl sites for hydroxylation is 2. The van der Waals surface area contributed by atoms with Crippen molar-refractivity contribution in [3.63, 3.8) is 0 Å². The van der Waals surface area contributed by atoms with E-state index in [-0.39, 0.29) is 0 Å². The van der Waals surface area contributed by atoms with Crippen LogP contribution in [0.4, 0.5) is 0 Å². The summed E-state index contributed by atoms with van der Waals surface area (Å²) < 4.78 is 10.4. The predicted octanol–water partition coefficient (Wildman–Crippen LogP) is 1.38. The molecule has 1 aliphatic rings. The normalized spacial score (nSPS) is 19.3. The Balaban J connectivity index is 1.81. The number of hydrogen-bond donors (Lipinski definition) is 1. The Morgan fingerprint density at radius 3 is 2.95 bits per heavy atom. The van der Waals surface area contributed by atoms with E-state index in [1.165, 1.54) is 12.0 Å². The molecule has 1 aromatic heterocycles. The number of ether oxygens (including phenoxy) is 1. The van der Waals surface area contributed by atoms with Crippen LogP contribution in [-0.4, -0.2) is 56.4 Å². The van der Waals surface area contributed by atoms with Crippen LogP contribution in [0.15, 0.2) is 9.52 Å². The van der Waals surface area contributed by atoms with Crippen molar-refractivity contribution in [2.45, 2.75) is 26.7 Å². The van der Waals surface area contributed by atoms with Gasteiger partial charge in [-0.3, -0.25) is 4.99 Å². The van der Waals surface area contributed by atoms with Crippen molar-refractivity contribution in [1.82, 2.24) is 15.4 Å². The number of nitrogens with zero attached hydrogens (tertiary/aromatic N) is 3. The van der Waals surface area contributed by atoms with Gasteiger partial charge in [0.15, 0.2) is 5.96 Å². The Hall–Kier alpha value is -1.56. The summed E-state index contributed by atoms with van der Waals surface area (Å²) in [7, 11) is 3.60. The molecule has 1 aliphatic heterocycles. The van der Waals surface area contributed by atoms with Crippen LogP contribution in [-0.2, 0) is 11.2 Å². The smallest absolute Gasteiger partial charge is 0.193 e. The highest BCUT2D eigenvalue weighted by atomic mass is 16.5. The fourth-order valence-corrected chi connectivity index (χ4v) is 2.89. The third kappa shape index (κ3) is 3.97. The Morgan fingerprint density at radius 1 is 1.52 bits per heavy atom. The van der Waals surface area contributed by atoms with Gasteiger partial charge in [0.25, 0.3) is 0 Å². The monoisotopic (exact) mass is 294 g/mol. The minimum absolute atomic E-state index is 0.608. The van der Waals surface area contributed by atoms with E-state index in [1.807, 2.05) is 20.9 Å². The molecule has 0 radical (unpaired) electrons. The molecule has 0 aliphatic carbocycles. The number of nitrogens with one attached hydrogen (secondary N) is 1. The Labute approximate surface area is 126 Å². The zero-order chi connectivity index (χ0) is 15.2. The van der Waals surface area contributed by atoms with Gasteiger partial charge in [-0.2, -0.15) is 0 Å². The first kappa shape index (κ1) is 15.8. The molecule has 2 heterocycles. The van der Waals surface area contributed by atoms with E-state index in [1.54, 1.807) is 7.11 Å². The maximum Gasteiger partial charge on any atom is 0.193 e. The summed E-state index contributed by atoms with van der Waals surface area (Å²) >= 11 is 0. The van der Waals surface area contributed by atoms with Gasteiger partial charge in [-0.05, 0) is 26.7 Å². The SMILES string of the molecule is CN=C(NCCc1c(C)noc1C)N1CCC(COC)C1. The molecule has 0 amide bonds. The summed E-state index contributed by atoms with van der Waals surface area (Å²) in [5, 5.41) is 7.42. The van der Waals surface area contributed by atoms with E-state index in [9.17, 15) is 0 Å². The van der Waals surface area contributed by atoms with Crippen molar-refractivity contribution < 1.29 is 9.26 Å². The summed E-state index contributed by atoms with van der Waals surface area (Å²) in [6.07, 6.45) is 2.06. The molecule has 0 bridgehead atoms. The summed E-state index contributed by atoms with van der Waals surface area (Å²) in [5.41, 5.74) is 2.17. The van der Waals surface area contributed by atoms with E-state index in [0.29, 0.717) is 5.92 Å². The fraction of sp³-hybridized carbons (Fsp3) is 0.733. The van der Waals surface area contributed by atoms with E-state index in [0.717, 1.165) is 50.1 Å². The highest BCUT2D eigenvalue weighted by Crippen LogP contribution is 2.16. The highest BCUT2D eigenvalue weighted by molar-refractivity contribution is 5.80. The summed E-state index contributed by atoms with van der Waals surface area (Å²) in [6, 6.07) is 0. The molecule has 0 spiro atoms. The van der Waals surface area contributed by atoms with Gasteiger partial charge in [0, 0.05) is 45.3 Å². The molecule has 6 nitrogen and oxygen atoms in total. The molecular weight excluding hydrogens is 268 g/mol. The molecule has 1 atom stereocenters. The third-order valence-electron chi connectivity index (χ3n) is 4.04. The zero-order valence-corrected chi connectivity index (χ0v) is 13.5. The second-order valence-corrected chi connectivity index (χ2v) is 5.58. The van der Waals surface area contributed by atoms with Crippen LogP contribution in [0, 0.1) is 19.8 Å². The molecule has 1 aromatic rings. The second kappa shape index (κ2) is 7.45. The van der Waals surface area contributed by atoms with E-state index in [4.69, 9.17) is 9.26 Å². The van der Waals surface area contributed by atoms with Crippen LogP contribution in [0.1, 0.15) is 23.4 Å². The van der Waals surface area contributed by atoms with Gasteiger partial charge in [0.1, 0.15) is 5.76 Å². The number of guanidine groups is 1. The number of hydrogen-bond acceptors (Lipinski definition) is 4. The molecule has 0 aromatic carbocycles. The van der Waals surface area contributed by atoms with Gasteiger partial charge in [0.2, 0.25) is 0 Å². The molecule has 0 saturated carbocycles. The van der Waals surface area contributed by atoms with Crippen molar-refractivity contribution >= 4 is 5.96 Å². The average Bonchev–Trinajstić information content (AvgIpc) is 3.05. The average molecular weight is 294 g/mol. The Morgan fingerprint density at radius 2 is 2.33 bits per heavy atom. The molecule has 6 heteroatoms. The van der Waals surface area contributed by atoms with Gasteiger partial charge >= 0.3 is 0 Å². The van der Waals surface area contributed by atoms with Crippen LogP contribution in [0.3, 0.4) is 0 Å². The summed E-state index contributed by atoms with van der Waals surface area (Å²) in [4.78, 5) is 6.68. The number of aromatic nitrogens is 1. The van der Waals surface area contributed by atoms with Crippen molar-refractivity contribution in [1.29, 1.82) is 0 Å².